The quantitative estimate of drug-likeness (QED) is 0.572. The Kier molecular flexibility index (Phi) is 2.23. The summed E-state index contributed by atoms with van der Waals surface area (Å²) in [5, 5.41) is 11.9. The Hall–Kier alpha value is -2.88. The van der Waals surface area contributed by atoms with E-state index in [4.69, 9.17) is 0 Å². The molecule has 0 saturated carbocycles. The van der Waals surface area contributed by atoms with E-state index in [1.54, 1.807) is 18.5 Å². The maximum absolute atomic E-state index is 9.58. The molecule has 0 fully saturated rings. The number of pyridine rings is 1. The van der Waals surface area contributed by atoms with Crippen LogP contribution in [0.2, 0.25) is 0 Å². The van der Waals surface area contributed by atoms with Crippen LogP contribution in [-0.4, -0.2) is 19.6 Å². The zero-order chi connectivity index (χ0) is 13.5. The van der Waals surface area contributed by atoms with Crippen LogP contribution in [0.4, 0.5) is 0 Å². The summed E-state index contributed by atoms with van der Waals surface area (Å²) in [4.78, 5) is 8.51. The minimum absolute atomic E-state index is 0.000475. The van der Waals surface area contributed by atoms with Gasteiger partial charge in [0.1, 0.15) is 11.8 Å². The lowest BCUT2D eigenvalue weighted by Gasteiger charge is -2.08. The summed E-state index contributed by atoms with van der Waals surface area (Å²) in [5.74, 6) is -0.000475. The molecule has 4 rings (SSSR count). The summed E-state index contributed by atoms with van der Waals surface area (Å²) in [7, 11) is 0. The summed E-state index contributed by atoms with van der Waals surface area (Å²) in [6.45, 7) is 0. The monoisotopic (exact) mass is 261 g/mol. The van der Waals surface area contributed by atoms with Crippen LogP contribution in [0.3, 0.4) is 0 Å². The van der Waals surface area contributed by atoms with Crippen molar-refractivity contribution in [3.05, 3.63) is 60.9 Å². The third kappa shape index (κ3) is 1.55. The summed E-state index contributed by atoms with van der Waals surface area (Å²) < 4.78 is 1.90. The number of hydrogen-bond acceptors (Lipinski definition) is 3. The standard InChI is InChI=1S/C16H11N3O/c20-15-9-8-13-16(18-15)19(10-17-13)14-7-3-5-11-4-1-2-6-12(11)14/h1-10H,(H,18,20). The van der Waals surface area contributed by atoms with E-state index in [1.807, 2.05) is 28.8 Å². The number of aromatic nitrogens is 3. The summed E-state index contributed by atoms with van der Waals surface area (Å²) in [6, 6.07) is 17.6. The number of fused-ring (bicyclic) bond motifs is 2. The molecule has 96 valence electrons. The number of aromatic hydroxyl groups is 1. The zero-order valence-electron chi connectivity index (χ0n) is 10.6. The van der Waals surface area contributed by atoms with Crippen LogP contribution in [0.15, 0.2) is 60.9 Å². The fourth-order valence-electron chi connectivity index (χ4n) is 2.48. The fourth-order valence-corrected chi connectivity index (χ4v) is 2.48. The van der Waals surface area contributed by atoms with Gasteiger partial charge in [-0.2, -0.15) is 4.98 Å². The first-order valence-electron chi connectivity index (χ1n) is 6.34. The highest BCUT2D eigenvalue weighted by molar-refractivity contribution is 5.91. The molecule has 0 saturated heterocycles. The predicted molar refractivity (Wildman–Crippen MR) is 78.0 cm³/mol. The van der Waals surface area contributed by atoms with Crippen molar-refractivity contribution in [1.29, 1.82) is 0 Å². The summed E-state index contributed by atoms with van der Waals surface area (Å²) in [6.07, 6.45) is 1.74. The second-order valence-electron chi connectivity index (χ2n) is 4.63. The summed E-state index contributed by atoms with van der Waals surface area (Å²) >= 11 is 0. The van der Waals surface area contributed by atoms with E-state index in [1.165, 1.54) is 0 Å². The van der Waals surface area contributed by atoms with Crippen LogP contribution in [0.25, 0.3) is 27.6 Å². The van der Waals surface area contributed by atoms with Crippen LogP contribution in [0.5, 0.6) is 5.88 Å². The Labute approximate surface area is 115 Å². The van der Waals surface area contributed by atoms with E-state index >= 15 is 0 Å². The lowest BCUT2D eigenvalue weighted by molar-refractivity contribution is 0.455. The maximum Gasteiger partial charge on any atom is 0.212 e. The largest absolute Gasteiger partial charge is 0.493 e. The van der Waals surface area contributed by atoms with Crippen LogP contribution < -0.4 is 0 Å². The van der Waals surface area contributed by atoms with Gasteiger partial charge in [-0.3, -0.25) is 4.57 Å². The molecule has 0 aliphatic rings. The Morgan fingerprint density at radius 3 is 2.70 bits per heavy atom. The Balaban J connectivity index is 2.09. The Morgan fingerprint density at radius 1 is 0.900 bits per heavy atom. The van der Waals surface area contributed by atoms with E-state index in [9.17, 15) is 5.11 Å². The number of nitrogens with zero attached hydrogens (tertiary/aromatic N) is 3. The van der Waals surface area contributed by atoms with E-state index in [-0.39, 0.29) is 5.88 Å². The minimum Gasteiger partial charge on any atom is -0.493 e. The molecule has 0 bridgehead atoms. The van der Waals surface area contributed by atoms with Gasteiger partial charge in [-0.25, -0.2) is 4.98 Å². The summed E-state index contributed by atoms with van der Waals surface area (Å²) in [5.41, 5.74) is 2.42. The Morgan fingerprint density at radius 2 is 1.75 bits per heavy atom. The lowest BCUT2D eigenvalue weighted by Crippen LogP contribution is -1.94. The van der Waals surface area contributed by atoms with Gasteiger partial charge in [-0.15, -0.1) is 0 Å². The molecule has 4 nitrogen and oxygen atoms in total. The number of hydrogen-bond donors (Lipinski definition) is 1. The average molecular weight is 261 g/mol. The lowest BCUT2D eigenvalue weighted by atomic mass is 10.1. The van der Waals surface area contributed by atoms with Gasteiger partial charge in [0, 0.05) is 11.5 Å². The fraction of sp³-hybridized carbons (Fsp3) is 0. The molecule has 0 atom stereocenters. The van der Waals surface area contributed by atoms with Crippen LogP contribution in [0, 0.1) is 0 Å². The van der Waals surface area contributed by atoms with Crippen LogP contribution >= 0.6 is 0 Å². The third-order valence-corrected chi connectivity index (χ3v) is 3.41. The van der Waals surface area contributed by atoms with Gasteiger partial charge in [0.2, 0.25) is 5.88 Å². The van der Waals surface area contributed by atoms with Gasteiger partial charge in [0.05, 0.1) is 5.69 Å². The second kappa shape index (κ2) is 4.06. The number of benzene rings is 2. The van der Waals surface area contributed by atoms with Crippen LogP contribution in [0.1, 0.15) is 0 Å². The van der Waals surface area contributed by atoms with Gasteiger partial charge < -0.3 is 5.11 Å². The smallest absolute Gasteiger partial charge is 0.212 e. The highest BCUT2D eigenvalue weighted by atomic mass is 16.3. The number of rotatable bonds is 1. The molecule has 2 heterocycles. The molecule has 0 aliphatic heterocycles. The molecule has 0 aliphatic carbocycles. The molecular weight excluding hydrogens is 250 g/mol. The molecule has 2 aromatic heterocycles. The SMILES string of the molecule is Oc1ccc2ncn(-c3cccc4ccccc34)c2n1. The van der Waals surface area contributed by atoms with Gasteiger partial charge in [0.15, 0.2) is 5.65 Å². The normalized spacial score (nSPS) is 11.2. The van der Waals surface area contributed by atoms with Gasteiger partial charge >= 0.3 is 0 Å². The van der Waals surface area contributed by atoms with Crippen molar-refractivity contribution >= 4 is 21.9 Å². The van der Waals surface area contributed by atoms with E-state index in [0.29, 0.717) is 5.65 Å². The van der Waals surface area contributed by atoms with Crippen molar-refractivity contribution in [3.63, 3.8) is 0 Å². The second-order valence-corrected chi connectivity index (χ2v) is 4.63. The highest BCUT2D eigenvalue weighted by Crippen LogP contribution is 2.25. The van der Waals surface area contributed by atoms with Crippen molar-refractivity contribution < 1.29 is 5.11 Å². The highest BCUT2D eigenvalue weighted by Gasteiger charge is 2.09. The van der Waals surface area contributed by atoms with E-state index in [0.717, 1.165) is 22.0 Å². The van der Waals surface area contributed by atoms with Gasteiger partial charge in [0.25, 0.3) is 0 Å². The molecule has 0 spiro atoms. The molecule has 1 N–H and O–H groups in total. The third-order valence-electron chi connectivity index (χ3n) is 3.41. The van der Waals surface area contributed by atoms with Crippen molar-refractivity contribution in [2.24, 2.45) is 0 Å². The first-order valence-corrected chi connectivity index (χ1v) is 6.34. The topological polar surface area (TPSA) is 50.9 Å². The average Bonchev–Trinajstić information content (AvgIpc) is 2.89. The van der Waals surface area contributed by atoms with Crippen LogP contribution in [-0.2, 0) is 0 Å². The van der Waals surface area contributed by atoms with Gasteiger partial charge in [-0.05, 0) is 17.5 Å². The molecule has 0 amide bonds. The van der Waals surface area contributed by atoms with E-state index < -0.39 is 0 Å². The predicted octanol–water partition coefficient (Wildman–Crippen LogP) is 3.28. The minimum atomic E-state index is -0.000475. The van der Waals surface area contributed by atoms with E-state index in [2.05, 4.69) is 28.2 Å². The Bertz CT molecular complexity index is 922. The van der Waals surface area contributed by atoms with Gasteiger partial charge in [-0.1, -0.05) is 36.4 Å². The number of imidazole rings is 1. The first-order chi connectivity index (χ1) is 9.83. The molecule has 4 heteroatoms. The van der Waals surface area contributed by atoms with Crippen molar-refractivity contribution in [2.75, 3.05) is 0 Å². The molecule has 4 aromatic rings. The maximum atomic E-state index is 9.58. The molecule has 0 radical (unpaired) electrons. The molecule has 0 unspecified atom stereocenters. The molecule has 20 heavy (non-hydrogen) atoms. The van der Waals surface area contributed by atoms with Crippen molar-refractivity contribution in [1.82, 2.24) is 14.5 Å². The molecule has 2 aromatic carbocycles. The zero-order valence-corrected chi connectivity index (χ0v) is 10.6. The first kappa shape index (κ1) is 11.0. The van der Waals surface area contributed by atoms with Crippen molar-refractivity contribution in [2.45, 2.75) is 0 Å². The molecular formula is C16H11N3O. The van der Waals surface area contributed by atoms with Crippen molar-refractivity contribution in [3.8, 4) is 11.6 Å².